The fourth-order valence-corrected chi connectivity index (χ4v) is 4.42. The molecule has 1 saturated heterocycles. The van der Waals surface area contributed by atoms with Crippen molar-refractivity contribution in [2.24, 2.45) is 0 Å². The maximum atomic E-state index is 13.6. The zero-order chi connectivity index (χ0) is 23.6. The molecule has 1 aliphatic rings. The minimum Gasteiger partial charge on any atom is -0.337 e. The second kappa shape index (κ2) is 9.65. The van der Waals surface area contributed by atoms with E-state index < -0.39 is 0 Å². The SMILES string of the molecule is CC(C)(C)c1ccc(Cn2cncc2CNC2CCN(Cc3cc(F)cc(Cl)c3)C2=O)cc1. The zero-order valence-electron chi connectivity index (χ0n) is 19.3. The Morgan fingerprint density at radius 3 is 2.58 bits per heavy atom. The largest absolute Gasteiger partial charge is 0.337 e. The summed E-state index contributed by atoms with van der Waals surface area (Å²) in [5.41, 5.74) is 4.37. The Morgan fingerprint density at radius 2 is 1.88 bits per heavy atom. The zero-order valence-corrected chi connectivity index (χ0v) is 20.1. The molecule has 0 spiro atoms. The number of amides is 1. The molecule has 5 nitrogen and oxygen atoms in total. The van der Waals surface area contributed by atoms with Gasteiger partial charge in [0.15, 0.2) is 0 Å². The summed E-state index contributed by atoms with van der Waals surface area (Å²) in [4.78, 5) is 18.9. The molecule has 33 heavy (non-hydrogen) atoms. The van der Waals surface area contributed by atoms with Crippen molar-refractivity contribution in [3.05, 3.63) is 88.2 Å². The maximum Gasteiger partial charge on any atom is 0.240 e. The molecule has 1 atom stereocenters. The third-order valence-corrected chi connectivity index (χ3v) is 6.31. The summed E-state index contributed by atoms with van der Waals surface area (Å²) in [7, 11) is 0. The van der Waals surface area contributed by atoms with E-state index in [1.54, 1.807) is 11.0 Å². The highest BCUT2D eigenvalue weighted by Gasteiger charge is 2.31. The number of benzene rings is 2. The van der Waals surface area contributed by atoms with Crippen LogP contribution in [-0.4, -0.2) is 32.9 Å². The van der Waals surface area contributed by atoms with Gasteiger partial charge >= 0.3 is 0 Å². The van der Waals surface area contributed by atoms with Crippen molar-refractivity contribution in [1.82, 2.24) is 19.8 Å². The number of hydrogen-bond donors (Lipinski definition) is 1. The van der Waals surface area contributed by atoms with E-state index in [0.717, 1.165) is 12.2 Å². The summed E-state index contributed by atoms with van der Waals surface area (Å²) in [5, 5.41) is 3.72. The summed E-state index contributed by atoms with van der Waals surface area (Å²) in [5.74, 6) is -0.362. The first-order valence-corrected chi connectivity index (χ1v) is 11.6. The molecule has 1 aromatic heterocycles. The monoisotopic (exact) mass is 468 g/mol. The molecule has 3 aromatic rings. The number of likely N-dealkylation sites (tertiary alicyclic amines) is 1. The molecule has 1 fully saturated rings. The lowest BCUT2D eigenvalue weighted by Crippen LogP contribution is -2.38. The van der Waals surface area contributed by atoms with Crippen molar-refractivity contribution in [2.45, 2.75) is 58.3 Å². The van der Waals surface area contributed by atoms with E-state index in [0.29, 0.717) is 36.6 Å². The molecular formula is C26H30ClFN4O. The second-order valence-electron chi connectivity index (χ2n) is 9.72. The normalized spacial score (nSPS) is 16.6. The van der Waals surface area contributed by atoms with E-state index >= 15 is 0 Å². The number of hydrogen-bond acceptors (Lipinski definition) is 3. The molecule has 0 aliphatic carbocycles. The number of nitrogens with one attached hydrogen (secondary N) is 1. The van der Waals surface area contributed by atoms with Crippen molar-refractivity contribution >= 4 is 17.5 Å². The highest BCUT2D eigenvalue weighted by molar-refractivity contribution is 6.30. The van der Waals surface area contributed by atoms with Crippen LogP contribution in [0, 0.1) is 5.82 Å². The molecule has 0 radical (unpaired) electrons. The lowest BCUT2D eigenvalue weighted by Gasteiger charge is -2.19. The first-order valence-electron chi connectivity index (χ1n) is 11.2. The van der Waals surface area contributed by atoms with Crippen molar-refractivity contribution in [3.63, 3.8) is 0 Å². The van der Waals surface area contributed by atoms with E-state index in [-0.39, 0.29) is 23.2 Å². The average molecular weight is 469 g/mol. The van der Waals surface area contributed by atoms with Crippen molar-refractivity contribution < 1.29 is 9.18 Å². The van der Waals surface area contributed by atoms with E-state index in [1.165, 1.54) is 23.3 Å². The first-order chi connectivity index (χ1) is 15.7. The van der Waals surface area contributed by atoms with Crippen LogP contribution in [0.5, 0.6) is 0 Å². The topological polar surface area (TPSA) is 50.2 Å². The molecule has 2 heterocycles. The van der Waals surface area contributed by atoms with Crippen LogP contribution in [-0.2, 0) is 29.8 Å². The van der Waals surface area contributed by atoms with E-state index in [9.17, 15) is 9.18 Å². The molecule has 0 saturated carbocycles. The summed E-state index contributed by atoms with van der Waals surface area (Å²) in [6.07, 6.45) is 4.37. The van der Waals surface area contributed by atoms with Crippen molar-refractivity contribution in [3.8, 4) is 0 Å². The molecule has 7 heteroatoms. The molecule has 1 unspecified atom stereocenters. The van der Waals surface area contributed by atoms with Gasteiger partial charge in [-0.05, 0) is 46.7 Å². The number of aromatic nitrogens is 2. The van der Waals surface area contributed by atoms with Crippen LogP contribution in [0.15, 0.2) is 55.0 Å². The Bertz CT molecular complexity index is 1100. The van der Waals surface area contributed by atoms with Gasteiger partial charge in [0.2, 0.25) is 5.91 Å². The Labute approximate surface area is 199 Å². The molecule has 0 bridgehead atoms. The molecule has 174 valence electrons. The van der Waals surface area contributed by atoms with E-state index in [2.05, 4.69) is 59.9 Å². The minimum atomic E-state index is -0.389. The predicted molar refractivity (Wildman–Crippen MR) is 129 cm³/mol. The van der Waals surface area contributed by atoms with Gasteiger partial charge in [0.1, 0.15) is 5.82 Å². The third-order valence-electron chi connectivity index (χ3n) is 6.09. The Kier molecular flexibility index (Phi) is 6.86. The van der Waals surface area contributed by atoms with E-state index in [1.807, 2.05) is 12.5 Å². The summed E-state index contributed by atoms with van der Waals surface area (Å²) >= 11 is 5.94. The summed E-state index contributed by atoms with van der Waals surface area (Å²) in [6, 6.07) is 12.8. The second-order valence-corrected chi connectivity index (χ2v) is 10.2. The molecule has 4 rings (SSSR count). The third kappa shape index (κ3) is 5.81. The lowest BCUT2D eigenvalue weighted by molar-refractivity contribution is -0.129. The number of nitrogens with zero attached hydrogens (tertiary/aromatic N) is 3. The fourth-order valence-electron chi connectivity index (χ4n) is 4.18. The van der Waals surface area contributed by atoms with Gasteiger partial charge in [0.05, 0.1) is 18.1 Å². The highest BCUT2D eigenvalue weighted by Crippen LogP contribution is 2.23. The van der Waals surface area contributed by atoms with Crippen molar-refractivity contribution in [2.75, 3.05) is 6.54 Å². The van der Waals surface area contributed by atoms with Gasteiger partial charge < -0.3 is 14.8 Å². The molecule has 1 N–H and O–H groups in total. The Morgan fingerprint density at radius 1 is 1.12 bits per heavy atom. The quantitative estimate of drug-likeness (QED) is 0.536. The van der Waals surface area contributed by atoms with Gasteiger partial charge in [-0.25, -0.2) is 9.37 Å². The number of rotatable bonds is 7. The van der Waals surface area contributed by atoms with Crippen LogP contribution in [0.3, 0.4) is 0 Å². The summed E-state index contributed by atoms with van der Waals surface area (Å²) in [6.45, 7) is 8.89. The molecule has 2 aromatic carbocycles. The maximum absolute atomic E-state index is 13.6. The van der Waals surface area contributed by atoms with Crippen LogP contribution in [0.1, 0.15) is 49.6 Å². The lowest BCUT2D eigenvalue weighted by atomic mass is 9.87. The van der Waals surface area contributed by atoms with Gasteiger partial charge in [-0.15, -0.1) is 0 Å². The molecule has 1 amide bonds. The van der Waals surface area contributed by atoms with Crippen molar-refractivity contribution in [1.29, 1.82) is 0 Å². The average Bonchev–Trinajstić information content (AvgIpc) is 3.32. The van der Waals surface area contributed by atoms with Crippen LogP contribution >= 0.6 is 11.6 Å². The highest BCUT2D eigenvalue weighted by atomic mass is 35.5. The predicted octanol–water partition coefficient (Wildman–Crippen LogP) is 4.91. The van der Waals surface area contributed by atoms with Crippen LogP contribution in [0.25, 0.3) is 0 Å². The molecule has 1 aliphatic heterocycles. The summed E-state index contributed by atoms with van der Waals surface area (Å²) < 4.78 is 15.7. The van der Waals surface area contributed by atoms with Gasteiger partial charge in [-0.3, -0.25) is 4.79 Å². The van der Waals surface area contributed by atoms with Gasteiger partial charge in [0.25, 0.3) is 0 Å². The Balaban J connectivity index is 1.34. The molecular weight excluding hydrogens is 439 g/mol. The van der Waals surface area contributed by atoms with Gasteiger partial charge in [-0.1, -0.05) is 56.6 Å². The van der Waals surface area contributed by atoms with Gasteiger partial charge in [0, 0.05) is 37.4 Å². The standard InChI is InChI=1S/C26H30ClFN4O/c1-26(2,3)20-6-4-18(5-7-20)15-32-17-29-13-23(32)14-30-24-8-9-31(25(24)33)16-19-10-21(27)12-22(28)11-19/h4-7,10-13,17,24,30H,8-9,14-16H2,1-3H3. The van der Waals surface area contributed by atoms with Crippen LogP contribution in [0.2, 0.25) is 5.02 Å². The number of carbonyl (C=O) groups excluding carboxylic acids is 1. The minimum absolute atomic E-state index is 0.0271. The van der Waals surface area contributed by atoms with Gasteiger partial charge in [-0.2, -0.15) is 0 Å². The number of carbonyl (C=O) groups is 1. The fraction of sp³-hybridized carbons (Fsp3) is 0.385. The number of halogens is 2. The Hall–Kier alpha value is -2.70. The van der Waals surface area contributed by atoms with Crippen LogP contribution < -0.4 is 5.32 Å². The smallest absolute Gasteiger partial charge is 0.240 e. The number of imidazole rings is 1. The van der Waals surface area contributed by atoms with Crippen LogP contribution in [0.4, 0.5) is 4.39 Å². The first kappa shape index (κ1) is 23.5. The van der Waals surface area contributed by atoms with E-state index in [4.69, 9.17) is 11.6 Å².